The number of carbonyl (C=O) groups is 1. The fourth-order valence-corrected chi connectivity index (χ4v) is 3.19. The molecule has 0 atom stereocenters. The molecule has 25 heavy (non-hydrogen) atoms. The summed E-state index contributed by atoms with van der Waals surface area (Å²) in [5.41, 5.74) is 4.43. The predicted molar refractivity (Wildman–Crippen MR) is 95.5 cm³/mol. The van der Waals surface area contributed by atoms with Gasteiger partial charge in [-0.05, 0) is 43.9 Å². The zero-order valence-corrected chi connectivity index (χ0v) is 14.5. The van der Waals surface area contributed by atoms with Crippen LogP contribution in [-0.4, -0.2) is 32.2 Å². The average Bonchev–Trinajstić information content (AvgIpc) is 3.42. The van der Waals surface area contributed by atoms with Crippen molar-refractivity contribution >= 4 is 16.9 Å². The molecule has 0 unspecified atom stereocenters. The molecule has 3 aromatic rings. The standard InChI is InChI=1S/C19H21N5O/c1-12-17-15(19(25)21-9-7-13-4-3-8-20-11-13)10-16(14-5-6-14)22-18(17)24(2)23-12/h3-4,8,10-11,14H,5-7,9H2,1-2H3,(H,21,25). The van der Waals surface area contributed by atoms with Gasteiger partial charge in [-0.25, -0.2) is 4.98 Å². The Hall–Kier alpha value is -2.76. The van der Waals surface area contributed by atoms with E-state index in [9.17, 15) is 4.79 Å². The fraction of sp³-hybridized carbons (Fsp3) is 0.368. The monoisotopic (exact) mass is 335 g/mol. The van der Waals surface area contributed by atoms with Crippen LogP contribution in [0.25, 0.3) is 11.0 Å². The van der Waals surface area contributed by atoms with Crippen molar-refractivity contribution in [1.82, 2.24) is 25.1 Å². The summed E-state index contributed by atoms with van der Waals surface area (Å²) in [5.74, 6) is 0.427. The molecule has 4 rings (SSSR count). The number of amides is 1. The van der Waals surface area contributed by atoms with Crippen LogP contribution in [0.15, 0.2) is 30.6 Å². The maximum Gasteiger partial charge on any atom is 0.252 e. The third-order valence-corrected chi connectivity index (χ3v) is 4.65. The van der Waals surface area contributed by atoms with E-state index in [0.717, 1.165) is 47.2 Å². The van der Waals surface area contributed by atoms with Crippen molar-refractivity contribution < 1.29 is 4.79 Å². The van der Waals surface area contributed by atoms with Gasteiger partial charge in [-0.15, -0.1) is 0 Å². The number of aryl methyl sites for hydroxylation is 2. The zero-order valence-electron chi connectivity index (χ0n) is 14.5. The topological polar surface area (TPSA) is 72.7 Å². The van der Waals surface area contributed by atoms with E-state index in [2.05, 4.69) is 15.4 Å². The van der Waals surface area contributed by atoms with Crippen LogP contribution in [0.3, 0.4) is 0 Å². The van der Waals surface area contributed by atoms with Crippen molar-refractivity contribution in [3.63, 3.8) is 0 Å². The summed E-state index contributed by atoms with van der Waals surface area (Å²) in [6.07, 6.45) is 6.64. The lowest BCUT2D eigenvalue weighted by Crippen LogP contribution is -2.26. The molecule has 3 aromatic heterocycles. The average molecular weight is 335 g/mol. The first-order chi connectivity index (χ1) is 12.1. The lowest BCUT2D eigenvalue weighted by Gasteiger charge is -2.09. The van der Waals surface area contributed by atoms with Gasteiger partial charge in [-0.2, -0.15) is 5.10 Å². The SMILES string of the molecule is Cc1nn(C)c2nc(C3CC3)cc(C(=O)NCCc3cccnc3)c12. The largest absolute Gasteiger partial charge is 0.352 e. The van der Waals surface area contributed by atoms with Crippen molar-refractivity contribution in [3.8, 4) is 0 Å². The summed E-state index contributed by atoms with van der Waals surface area (Å²) < 4.78 is 1.77. The van der Waals surface area contributed by atoms with Crippen LogP contribution >= 0.6 is 0 Å². The van der Waals surface area contributed by atoms with E-state index in [-0.39, 0.29) is 5.91 Å². The smallest absolute Gasteiger partial charge is 0.252 e. The van der Waals surface area contributed by atoms with Gasteiger partial charge in [0.05, 0.1) is 16.6 Å². The van der Waals surface area contributed by atoms with E-state index < -0.39 is 0 Å². The number of nitrogens with zero attached hydrogens (tertiary/aromatic N) is 4. The van der Waals surface area contributed by atoms with Gasteiger partial charge in [-0.3, -0.25) is 14.5 Å². The van der Waals surface area contributed by atoms with Crippen LogP contribution in [-0.2, 0) is 13.5 Å². The first-order valence-electron chi connectivity index (χ1n) is 8.65. The van der Waals surface area contributed by atoms with Crippen molar-refractivity contribution in [2.75, 3.05) is 6.54 Å². The number of pyridine rings is 2. The molecule has 1 amide bonds. The highest BCUT2D eigenvalue weighted by Crippen LogP contribution is 2.40. The quantitative estimate of drug-likeness (QED) is 0.777. The van der Waals surface area contributed by atoms with Gasteiger partial charge in [0.2, 0.25) is 0 Å². The maximum absolute atomic E-state index is 12.8. The molecule has 1 aliphatic rings. The van der Waals surface area contributed by atoms with E-state index >= 15 is 0 Å². The second-order valence-electron chi connectivity index (χ2n) is 6.64. The van der Waals surface area contributed by atoms with Crippen molar-refractivity contribution in [3.05, 3.63) is 53.1 Å². The van der Waals surface area contributed by atoms with Crippen LogP contribution in [0.5, 0.6) is 0 Å². The minimum atomic E-state index is -0.0608. The molecule has 1 fully saturated rings. The summed E-state index contributed by atoms with van der Waals surface area (Å²) >= 11 is 0. The van der Waals surface area contributed by atoms with Gasteiger partial charge in [0.25, 0.3) is 5.91 Å². The fourth-order valence-electron chi connectivity index (χ4n) is 3.19. The second-order valence-corrected chi connectivity index (χ2v) is 6.64. The third kappa shape index (κ3) is 3.12. The van der Waals surface area contributed by atoms with E-state index in [1.807, 2.05) is 38.4 Å². The minimum absolute atomic E-state index is 0.0608. The predicted octanol–water partition coefficient (Wildman–Crippen LogP) is 2.52. The van der Waals surface area contributed by atoms with Gasteiger partial charge in [0, 0.05) is 37.6 Å². The highest BCUT2D eigenvalue weighted by atomic mass is 16.1. The van der Waals surface area contributed by atoms with Crippen molar-refractivity contribution in [2.45, 2.75) is 32.1 Å². The third-order valence-electron chi connectivity index (χ3n) is 4.65. The minimum Gasteiger partial charge on any atom is -0.352 e. The number of hydrogen-bond donors (Lipinski definition) is 1. The molecular formula is C19H21N5O. The Morgan fingerprint density at radius 3 is 2.96 bits per heavy atom. The summed E-state index contributed by atoms with van der Waals surface area (Å²) in [6, 6.07) is 5.87. The second kappa shape index (κ2) is 6.27. The lowest BCUT2D eigenvalue weighted by atomic mass is 10.1. The highest BCUT2D eigenvalue weighted by Gasteiger charge is 2.28. The molecule has 0 radical (unpaired) electrons. The van der Waals surface area contributed by atoms with Gasteiger partial charge in [0.15, 0.2) is 5.65 Å². The summed E-state index contributed by atoms with van der Waals surface area (Å²) in [4.78, 5) is 21.7. The molecule has 0 spiro atoms. The Kier molecular flexibility index (Phi) is 3.95. The van der Waals surface area contributed by atoms with Gasteiger partial charge in [0.1, 0.15) is 0 Å². The van der Waals surface area contributed by atoms with Crippen LogP contribution < -0.4 is 5.32 Å². The normalized spacial score (nSPS) is 14.0. The number of rotatable bonds is 5. The van der Waals surface area contributed by atoms with E-state index in [4.69, 9.17) is 4.98 Å². The molecule has 0 aliphatic heterocycles. The molecule has 1 aliphatic carbocycles. The first kappa shape index (κ1) is 15.7. The molecule has 6 nitrogen and oxygen atoms in total. The van der Waals surface area contributed by atoms with Gasteiger partial charge >= 0.3 is 0 Å². The molecule has 0 aromatic carbocycles. The molecule has 128 valence electrons. The molecule has 1 saturated carbocycles. The van der Waals surface area contributed by atoms with Crippen LogP contribution in [0.4, 0.5) is 0 Å². The lowest BCUT2D eigenvalue weighted by molar-refractivity contribution is 0.0955. The number of fused-ring (bicyclic) bond motifs is 1. The van der Waals surface area contributed by atoms with Crippen molar-refractivity contribution in [1.29, 1.82) is 0 Å². The number of carbonyl (C=O) groups excluding carboxylic acids is 1. The van der Waals surface area contributed by atoms with Crippen LogP contribution in [0.2, 0.25) is 0 Å². The zero-order chi connectivity index (χ0) is 17.4. The van der Waals surface area contributed by atoms with E-state index in [1.165, 1.54) is 0 Å². The number of aromatic nitrogens is 4. The first-order valence-corrected chi connectivity index (χ1v) is 8.65. The molecule has 3 heterocycles. The Bertz CT molecular complexity index is 928. The van der Waals surface area contributed by atoms with Crippen LogP contribution in [0.1, 0.15) is 46.1 Å². The molecule has 0 bridgehead atoms. The maximum atomic E-state index is 12.8. The van der Waals surface area contributed by atoms with Gasteiger partial charge < -0.3 is 5.32 Å². The summed E-state index contributed by atoms with van der Waals surface area (Å²) in [6.45, 7) is 2.50. The van der Waals surface area contributed by atoms with Crippen LogP contribution in [0, 0.1) is 6.92 Å². The Labute approximate surface area is 146 Å². The Morgan fingerprint density at radius 1 is 1.40 bits per heavy atom. The van der Waals surface area contributed by atoms with E-state index in [0.29, 0.717) is 18.0 Å². The molecule has 1 N–H and O–H groups in total. The highest BCUT2D eigenvalue weighted by molar-refractivity contribution is 6.06. The number of hydrogen-bond acceptors (Lipinski definition) is 4. The summed E-state index contributed by atoms with van der Waals surface area (Å²) in [7, 11) is 1.88. The molecular weight excluding hydrogens is 314 g/mol. The molecule has 6 heteroatoms. The van der Waals surface area contributed by atoms with E-state index in [1.54, 1.807) is 10.9 Å². The molecule has 0 saturated heterocycles. The number of nitrogens with one attached hydrogen (secondary N) is 1. The Morgan fingerprint density at radius 2 is 2.24 bits per heavy atom. The van der Waals surface area contributed by atoms with Gasteiger partial charge in [-0.1, -0.05) is 6.07 Å². The van der Waals surface area contributed by atoms with Crippen molar-refractivity contribution in [2.24, 2.45) is 7.05 Å². The Balaban J connectivity index is 1.59. The summed E-state index contributed by atoms with van der Waals surface area (Å²) in [5, 5.41) is 8.33.